The van der Waals surface area contributed by atoms with Crippen LogP contribution in [0.25, 0.3) is 0 Å². The molecule has 2 unspecified atom stereocenters. The molecule has 0 aliphatic carbocycles. The normalized spacial score (nSPS) is 22.0. The van der Waals surface area contributed by atoms with Crippen LogP contribution in [0.4, 0.5) is 0 Å². The van der Waals surface area contributed by atoms with E-state index in [1.54, 1.807) is 0 Å². The lowest BCUT2D eigenvalue weighted by Gasteiger charge is -2.40. The molecule has 5 heteroatoms. The lowest BCUT2D eigenvalue weighted by Crippen LogP contribution is -2.60. The molecule has 0 spiro atoms. The van der Waals surface area contributed by atoms with E-state index in [0.29, 0.717) is 19.4 Å². The Labute approximate surface area is 89.8 Å². The van der Waals surface area contributed by atoms with Crippen LogP contribution >= 0.6 is 0 Å². The lowest BCUT2D eigenvalue weighted by molar-refractivity contribution is -0.147. The van der Waals surface area contributed by atoms with Gasteiger partial charge in [-0.05, 0) is 12.8 Å². The molecule has 1 fully saturated rings. The Kier molecular flexibility index (Phi) is 4.08. The first-order valence-corrected chi connectivity index (χ1v) is 5.43. The van der Waals surface area contributed by atoms with Gasteiger partial charge < -0.3 is 16.4 Å². The largest absolute Gasteiger partial charge is 0.368 e. The first-order chi connectivity index (χ1) is 7.07. The van der Waals surface area contributed by atoms with Gasteiger partial charge in [-0.3, -0.25) is 9.59 Å². The van der Waals surface area contributed by atoms with Crippen molar-refractivity contribution >= 4 is 11.8 Å². The molecule has 4 N–H and O–H groups in total. The molecule has 5 nitrogen and oxygen atoms in total. The van der Waals surface area contributed by atoms with E-state index in [2.05, 4.69) is 0 Å². The van der Waals surface area contributed by atoms with E-state index in [-0.39, 0.29) is 5.91 Å². The molecule has 0 aromatic heterocycles. The number of hydrogen-bond acceptors (Lipinski definition) is 3. The average Bonchev–Trinajstić information content (AvgIpc) is 2.11. The molecular weight excluding hydrogens is 194 g/mol. The van der Waals surface area contributed by atoms with Crippen molar-refractivity contribution in [1.82, 2.24) is 4.90 Å². The van der Waals surface area contributed by atoms with Crippen LogP contribution in [0, 0.1) is 0 Å². The number of primary amides is 1. The highest BCUT2D eigenvalue weighted by molar-refractivity contribution is 5.90. The van der Waals surface area contributed by atoms with Crippen LogP contribution in [0.3, 0.4) is 0 Å². The molecule has 1 heterocycles. The number of likely N-dealkylation sites (tertiary alicyclic amines) is 1. The second kappa shape index (κ2) is 5.11. The van der Waals surface area contributed by atoms with E-state index in [1.165, 1.54) is 4.90 Å². The zero-order valence-corrected chi connectivity index (χ0v) is 9.11. The van der Waals surface area contributed by atoms with E-state index < -0.39 is 18.0 Å². The number of rotatable bonds is 5. The first-order valence-electron chi connectivity index (χ1n) is 5.43. The van der Waals surface area contributed by atoms with Gasteiger partial charge in [-0.15, -0.1) is 0 Å². The zero-order valence-electron chi connectivity index (χ0n) is 9.11. The van der Waals surface area contributed by atoms with Crippen molar-refractivity contribution in [2.24, 2.45) is 11.5 Å². The maximum atomic E-state index is 11.7. The molecular formula is C10H19N3O2. The molecule has 2 atom stereocenters. The Morgan fingerprint density at radius 3 is 2.60 bits per heavy atom. The highest BCUT2D eigenvalue weighted by Crippen LogP contribution is 2.18. The summed E-state index contributed by atoms with van der Waals surface area (Å²) >= 11 is 0. The van der Waals surface area contributed by atoms with Crippen LogP contribution in [0.1, 0.15) is 32.6 Å². The van der Waals surface area contributed by atoms with Crippen LogP contribution in [-0.2, 0) is 9.59 Å². The summed E-state index contributed by atoms with van der Waals surface area (Å²) in [5, 5.41) is 0. The van der Waals surface area contributed by atoms with Crippen LogP contribution in [0.15, 0.2) is 0 Å². The van der Waals surface area contributed by atoms with Crippen molar-refractivity contribution in [2.75, 3.05) is 6.54 Å². The highest BCUT2D eigenvalue weighted by atomic mass is 16.2. The Bertz CT molecular complexity index is 255. The second-order valence-electron chi connectivity index (χ2n) is 3.99. The molecule has 1 aliphatic rings. The lowest BCUT2D eigenvalue weighted by atomic mass is 9.99. The van der Waals surface area contributed by atoms with Gasteiger partial charge in [0.1, 0.15) is 6.04 Å². The molecule has 15 heavy (non-hydrogen) atoms. The minimum Gasteiger partial charge on any atom is -0.368 e. The highest BCUT2D eigenvalue weighted by Gasteiger charge is 2.37. The molecule has 0 bridgehead atoms. The quantitative estimate of drug-likeness (QED) is 0.650. The molecule has 0 aromatic rings. The first kappa shape index (κ1) is 12.0. The predicted octanol–water partition coefficient (Wildman–Crippen LogP) is -0.410. The smallest absolute Gasteiger partial charge is 0.240 e. The monoisotopic (exact) mass is 213 g/mol. The molecule has 2 amide bonds. The predicted molar refractivity (Wildman–Crippen MR) is 56.8 cm³/mol. The van der Waals surface area contributed by atoms with Crippen molar-refractivity contribution in [2.45, 2.75) is 44.7 Å². The van der Waals surface area contributed by atoms with Gasteiger partial charge in [0.05, 0.1) is 6.04 Å². The van der Waals surface area contributed by atoms with E-state index in [4.69, 9.17) is 11.5 Å². The van der Waals surface area contributed by atoms with Crippen LogP contribution in [0.5, 0.6) is 0 Å². The topological polar surface area (TPSA) is 89.4 Å². The fraction of sp³-hybridized carbons (Fsp3) is 0.800. The third-order valence-electron chi connectivity index (χ3n) is 2.82. The van der Waals surface area contributed by atoms with Gasteiger partial charge in [0, 0.05) is 6.54 Å². The Morgan fingerprint density at radius 1 is 1.53 bits per heavy atom. The third-order valence-corrected chi connectivity index (χ3v) is 2.82. The van der Waals surface area contributed by atoms with Gasteiger partial charge in [-0.2, -0.15) is 0 Å². The Morgan fingerprint density at radius 2 is 2.20 bits per heavy atom. The van der Waals surface area contributed by atoms with Gasteiger partial charge >= 0.3 is 0 Å². The minimum atomic E-state index is -0.480. The van der Waals surface area contributed by atoms with E-state index in [0.717, 1.165) is 12.8 Å². The Hall–Kier alpha value is -1.10. The summed E-state index contributed by atoms with van der Waals surface area (Å²) < 4.78 is 0. The maximum Gasteiger partial charge on any atom is 0.240 e. The van der Waals surface area contributed by atoms with Crippen molar-refractivity contribution in [3.63, 3.8) is 0 Å². The summed E-state index contributed by atoms with van der Waals surface area (Å²) in [6.07, 6.45) is 3.29. The number of amides is 2. The standard InChI is InChI=1S/C10H19N3O2/c1-2-3-4-7(11)10(15)13-6-5-8(13)9(12)14/h7-8H,2-6,11H2,1H3,(H2,12,14). The molecule has 1 aliphatic heterocycles. The van der Waals surface area contributed by atoms with E-state index >= 15 is 0 Å². The maximum absolute atomic E-state index is 11.7. The van der Waals surface area contributed by atoms with Crippen molar-refractivity contribution in [1.29, 1.82) is 0 Å². The van der Waals surface area contributed by atoms with Crippen molar-refractivity contribution in [3.8, 4) is 0 Å². The van der Waals surface area contributed by atoms with E-state index in [9.17, 15) is 9.59 Å². The average molecular weight is 213 g/mol. The molecule has 1 saturated heterocycles. The van der Waals surface area contributed by atoms with Crippen LogP contribution in [0.2, 0.25) is 0 Å². The second-order valence-corrected chi connectivity index (χ2v) is 3.99. The van der Waals surface area contributed by atoms with Gasteiger partial charge in [-0.1, -0.05) is 19.8 Å². The van der Waals surface area contributed by atoms with Gasteiger partial charge in [0.15, 0.2) is 0 Å². The Balaban J connectivity index is 2.43. The number of nitrogens with two attached hydrogens (primary N) is 2. The number of carbonyl (C=O) groups excluding carboxylic acids is 2. The number of nitrogens with zero attached hydrogens (tertiary/aromatic N) is 1. The fourth-order valence-electron chi connectivity index (χ4n) is 1.71. The molecule has 0 radical (unpaired) electrons. The summed E-state index contributed by atoms with van der Waals surface area (Å²) in [4.78, 5) is 24.1. The molecule has 0 saturated carbocycles. The summed E-state index contributed by atoms with van der Waals surface area (Å²) in [5.41, 5.74) is 10.9. The van der Waals surface area contributed by atoms with Crippen molar-refractivity contribution < 1.29 is 9.59 Å². The SMILES string of the molecule is CCCCC(N)C(=O)N1CCC1C(N)=O. The zero-order chi connectivity index (χ0) is 11.4. The van der Waals surface area contributed by atoms with E-state index in [1.807, 2.05) is 6.92 Å². The summed E-state index contributed by atoms with van der Waals surface area (Å²) in [6.45, 7) is 2.65. The van der Waals surface area contributed by atoms with Crippen molar-refractivity contribution in [3.05, 3.63) is 0 Å². The van der Waals surface area contributed by atoms with Gasteiger partial charge in [-0.25, -0.2) is 0 Å². The summed E-state index contributed by atoms with van der Waals surface area (Å²) in [7, 11) is 0. The number of carbonyl (C=O) groups is 2. The molecule has 86 valence electrons. The molecule has 1 rings (SSSR count). The van der Waals surface area contributed by atoms with Crippen LogP contribution in [-0.4, -0.2) is 35.3 Å². The third kappa shape index (κ3) is 2.68. The molecule has 0 aromatic carbocycles. The number of hydrogen-bond donors (Lipinski definition) is 2. The van der Waals surface area contributed by atoms with Crippen LogP contribution < -0.4 is 11.5 Å². The number of unbranched alkanes of at least 4 members (excludes halogenated alkanes) is 1. The summed E-state index contributed by atoms with van der Waals surface area (Å²) in [6, 6.07) is -0.905. The fourth-order valence-corrected chi connectivity index (χ4v) is 1.71. The minimum absolute atomic E-state index is 0.140. The van der Waals surface area contributed by atoms with Gasteiger partial charge in [0.25, 0.3) is 0 Å². The summed E-state index contributed by atoms with van der Waals surface area (Å²) in [5.74, 6) is -0.573. The van der Waals surface area contributed by atoms with Gasteiger partial charge in [0.2, 0.25) is 11.8 Å².